The number of likely N-dealkylation sites (N-methyl/N-ethyl adjacent to an activating group) is 1. The van der Waals surface area contributed by atoms with Crippen LogP contribution < -0.4 is 10.6 Å². The maximum atomic E-state index is 11.4. The molecule has 1 heterocycles. The van der Waals surface area contributed by atoms with Gasteiger partial charge in [0.2, 0.25) is 5.91 Å². The molecule has 0 aliphatic carbocycles. The van der Waals surface area contributed by atoms with Gasteiger partial charge in [-0.2, -0.15) is 0 Å². The van der Waals surface area contributed by atoms with Gasteiger partial charge < -0.3 is 10.6 Å². The summed E-state index contributed by atoms with van der Waals surface area (Å²) in [5.41, 5.74) is 2.39. The summed E-state index contributed by atoms with van der Waals surface area (Å²) in [5, 5.41) is 5.90. The quantitative estimate of drug-likeness (QED) is 0.697. The SMILES string of the molecule is CNC(=O)[C@@H]1CCc2ccccc2N1. The minimum absolute atomic E-state index is 0.0690. The van der Waals surface area contributed by atoms with E-state index in [2.05, 4.69) is 16.7 Å². The van der Waals surface area contributed by atoms with Crippen LogP contribution in [0.25, 0.3) is 0 Å². The van der Waals surface area contributed by atoms with Crippen molar-refractivity contribution in [3.05, 3.63) is 29.8 Å². The Balaban J connectivity index is 2.17. The van der Waals surface area contributed by atoms with E-state index in [4.69, 9.17) is 0 Å². The second-order valence-corrected chi connectivity index (χ2v) is 3.51. The van der Waals surface area contributed by atoms with E-state index in [1.54, 1.807) is 7.05 Å². The molecule has 1 aromatic rings. The van der Waals surface area contributed by atoms with Gasteiger partial charge in [0.25, 0.3) is 0 Å². The lowest BCUT2D eigenvalue weighted by atomic mass is 9.98. The van der Waals surface area contributed by atoms with Crippen LogP contribution in [0, 0.1) is 0 Å². The number of benzene rings is 1. The van der Waals surface area contributed by atoms with E-state index in [1.165, 1.54) is 5.56 Å². The fraction of sp³-hybridized carbons (Fsp3) is 0.364. The molecule has 0 saturated heterocycles. The van der Waals surface area contributed by atoms with E-state index in [1.807, 2.05) is 18.2 Å². The van der Waals surface area contributed by atoms with Crippen LogP contribution >= 0.6 is 0 Å². The molecule has 1 aliphatic heterocycles. The first-order chi connectivity index (χ1) is 6.81. The molecule has 14 heavy (non-hydrogen) atoms. The maximum Gasteiger partial charge on any atom is 0.242 e. The van der Waals surface area contributed by atoms with Gasteiger partial charge in [-0.05, 0) is 24.5 Å². The van der Waals surface area contributed by atoms with Crippen molar-refractivity contribution in [3.8, 4) is 0 Å². The van der Waals surface area contributed by atoms with Gasteiger partial charge >= 0.3 is 0 Å². The summed E-state index contributed by atoms with van der Waals surface area (Å²) in [6, 6.07) is 8.06. The Morgan fingerprint density at radius 3 is 3.07 bits per heavy atom. The van der Waals surface area contributed by atoms with E-state index in [9.17, 15) is 4.79 Å². The highest BCUT2D eigenvalue weighted by Crippen LogP contribution is 2.23. The van der Waals surface area contributed by atoms with Crippen molar-refractivity contribution in [2.75, 3.05) is 12.4 Å². The van der Waals surface area contributed by atoms with E-state index < -0.39 is 0 Å². The summed E-state index contributed by atoms with van der Waals surface area (Å²) < 4.78 is 0. The predicted molar refractivity (Wildman–Crippen MR) is 56.2 cm³/mol. The zero-order valence-electron chi connectivity index (χ0n) is 8.21. The summed E-state index contributed by atoms with van der Waals surface area (Å²) in [7, 11) is 1.67. The molecule has 1 aliphatic rings. The molecule has 0 bridgehead atoms. The highest BCUT2D eigenvalue weighted by atomic mass is 16.2. The normalized spacial score (nSPS) is 19.4. The third-order valence-corrected chi connectivity index (χ3v) is 2.61. The van der Waals surface area contributed by atoms with Gasteiger partial charge in [0.15, 0.2) is 0 Å². The van der Waals surface area contributed by atoms with E-state index in [0.717, 1.165) is 18.5 Å². The van der Waals surface area contributed by atoms with Gasteiger partial charge in [-0.15, -0.1) is 0 Å². The third-order valence-electron chi connectivity index (χ3n) is 2.61. The summed E-state index contributed by atoms with van der Waals surface area (Å²) >= 11 is 0. The zero-order valence-corrected chi connectivity index (χ0v) is 8.21. The number of anilines is 1. The van der Waals surface area contributed by atoms with Crippen molar-refractivity contribution in [2.45, 2.75) is 18.9 Å². The molecule has 3 heteroatoms. The van der Waals surface area contributed by atoms with Crippen LogP contribution in [0.4, 0.5) is 5.69 Å². The Morgan fingerprint density at radius 1 is 1.50 bits per heavy atom. The number of hydrogen-bond donors (Lipinski definition) is 2. The van der Waals surface area contributed by atoms with Gasteiger partial charge in [0, 0.05) is 12.7 Å². The molecule has 0 fully saturated rings. The summed E-state index contributed by atoms with van der Waals surface area (Å²) in [6.07, 6.45) is 1.85. The van der Waals surface area contributed by atoms with Crippen LogP contribution in [0.15, 0.2) is 24.3 Å². The average Bonchev–Trinajstić information content (AvgIpc) is 2.27. The smallest absolute Gasteiger partial charge is 0.242 e. The molecule has 74 valence electrons. The molecule has 1 atom stereocenters. The lowest BCUT2D eigenvalue weighted by molar-refractivity contribution is -0.121. The Bertz CT molecular complexity index is 349. The molecule has 2 N–H and O–H groups in total. The monoisotopic (exact) mass is 190 g/mol. The van der Waals surface area contributed by atoms with E-state index in [-0.39, 0.29) is 11.9 Å². The minimum Gasteiger partial charge on any atom is -0.373 e. The molecular weight excluding hydrogens is 176 g/mol. The second kappa shape index (κ2) is 3.70. The molecule has 0 spiro atoms. The first-order valence-corrected chi connectivity index (χ1v) is 4.87. The first-order valence-electron chi connectivity index (χ1n) is 4.87. The largest absolute Gasteiger partial charge is 0.373 e. The van der Waals surface area contributed by atoms with Crippen molar-refractivity contribution < 1.29 is 4.79 Å². The van der Waals surface area contributed by atoms with Crippen LogP contribution in [-0.4, -0.2) is 19.0 Å². The highest BCUT2D eigenvalue weighted by molar-refractivity contribution is 5.85. The summed E-state index contributed by atoms with van der Waals surface area (Å²) in [5.74, 6) is 0.0690. The molecule has 0 aromatic heterocycles. The van der Waals surface area contributed by atoms with Crippen LogP contribution in [0.1, 0.15) is 12.0 Å². The second-order valence-electron chi connectivity index (χ2n) is 3.51. The molecular formula is C11H14N2O. The number of fused-ring (bicyclic) bond motifs is 1. The van der Waals surface area contributed by atoms with Gasteiger partial charge in [-0.3, -0.25) is 4.79 Å². The van der Waals surface area contributed by atoms with Crippen LogP contribution in [0.2, 0.25) is 0 Å². The van der Waals surface area contributed by atoms with Gasteiger partial charge in [0.05, 0.1) is 0 Å². The Labute approximate surface area is 83.5 Å². The third kappa shape index (κ3) is 1.58. The van der Waals surface area contributed by atoms with E-state index in [0.29, 0.717) is 0 Å². The number of hydrogen-bond acceptors (Lipinski definition) is 2. The fourth-order valence-electron chi connectivity index (χ4n) is 1.81. The average molecular weight is 190 g/mol. The summed E-state index contributed by atoms with van der Waals surface area (Å²) in [6.45, 7) is 0. The van der Waals surface area contributed by atoms with Gasteiger partial charge in [-0.1, -0.05) is 18.2 Å². The van der Waals surface area contributed by atoms with Gasteiger partial charge in [-0.25, -0.2) is 0 Å². The number of rotatable bonds is 1. The Hall–Kier alpha value is -1.51. The number of amides is 1. The van der Waals surface area contributed by atoms with Crippen molar-refractivity contribution in [2.24, 2.45) is 0 Å². The van der Waals surface area contributed by atoms with Crippen molar-refractivity contribution >= 4 is 11.6 Å². The molecule has 0 unspecified atom stereocenters. The Morgan fingerprint density at radius 2 is 2.29 bits per heavy atom. The molecule has 0 saturated carbocycles. The number of para-hydroxylation sites is 1. The maximum absolute atomic E-state index is 11.4. The number of aryl methyl sites for hydroxylation is 1. The highest BCUT2D eigenvalue weighted by Gasteiger charge is 2.22. The number of carbonyl (C=O) groups excluding carboxylic acids is 1. The van der Waals surface area contributed by atoms with Crippen LogP contribution in [0.5, 0.6) is 0 Å². The summed E-state index contributed by atoms with van der Waals surface area (Å²) in [4.78, 5) is 11.4. The zero-order chi connectivity index (χ0) is 9.97. The van der Waals surface area contributed by atoms with Crippen molar-refractivity contribution in [3.63, 3.8) is 0 Å². The van der Waals surface area contributed by atoms with Crippen molar-refractivity contribution in [1.82, 2.24) is 5.32 Å². The molecule has 1 aromatic carbocycles. The molecule has 1 amide bonds. The number of nitrogens with one attached hydrogen (secondary N) is 2. The predicted octanol–water partition coefficient (Wildman–Crippen LogP) is 1.16. The standard InChI is InChI=1S/C11H14N2O/c1-12-11(14)10-7-6-8-4-2-3-5-9(8)13-10/h2-5,10,13H,6-7H2,1H3,(H,12,14)/t10-/m0/s1. The molecule has 0 radical (unpaired) electrons. The van der Waals surface area contributed by atoms with E-state index >= 15 is 0 Å². The fourth-order valence-corrected chi connectivity index (χ4v) is 1.81. The molecule has 2 rings (SSSR count). The number of carbonyl (C=O) groups is 1. The lowest BCUT2D eigenvalue weighted by Crippen LogP contribution is -2.40. The topological polar surface area (TPSA) is 41.1 Å². The van der Waals surface area contributed by atoms with Crippen molar-refractivity contribution in [1.29, 1.82) is 0 Å². The van der Waals surface area contributed by atoms with Crippen LogP contribution in [0.3, 0.4) is 0 Å². The minimum atomic E-state index is -0.0742. The molecule has 3 nitrogen and oxygen atoms in total. The van der Waals surface area contributed by atoms with Crippen LogP contribution in [-0.2, 0) is 11.2 Å². The first kappa shape index (κ1) is 9.06. The van der Waals surface area contributed by atoms with Gasteiger partial charge in [0.1, 0.15) is 6.04 Å². The Kier molecular flexibility index (Phi) is 2.39. The lowest BCUT2D eigenvalue weighted by Gasteiger charge is -2.25.